The summed E-state index contributed by atoms with van der Waals surface area (Å²) in [5.41, 5.74) is 3.48. The van der Waals surface area contributed by atoms with Gasteiger partial charge in [-0.05, 0) is 31.2 Å². The van der Waals surface area contributed by atoms with E-state index in [2.05, 4.69) is 10.1 Å². The van der Waals surface area contributed by atoms with Crippen molar-refractivity contribution in [2.75, 3.05) is 14.2 Å². The Kier molecular flexibility index (Phi) is 4.80. The predicted molar refractivity (Wildman–Crippen MR) is 110 cm³/mol. The van der Waals surface area contributed by atoms with Crippen molar-refractivity contribution in [2.24, 2.45) is 7.05 Å². The highest BCUT2D eigenvalue weighted by molar-refractivity contribution is 6.07. The number of pyridine rings is 1. The van der Waals surface area contributed by atoms with Gasteiger partial charge in [-0.25, -0.2) is 4.98 Å². The number of hydrogen-bond donors (Lipinski definition) is 0. The van der Waals surface area contributed by atoms with Crippen molar-refractivity contribution in [3.05, 3.63) is 65.5 Å². The third-order valence-corrected chi connectivity index (χ3v) is 4.92. The number of hydrogen-bond acceptors (Lipinski definition) is 5. The molecule has 0 saturated heterocycles. The Bertz CT molecular complexity index is 1180. The summed E-state index contributed by atoms with van der Waals surface area (Å²) >= 11 is 0. The van der Waals surface area contributed by atoms with Gasteiger partial charge in [-0.1, -0.05) is 18.2 Å². The summed E-state index contributed by atoms with van der Waals surface area (Å²) in [6, 6.07) is 13.1. The van der Waals surface area contributed by atoms with Crippen molar-refractivity contribution >= 4 is 16.9 Å². The Balaban J connectivity index is 1.78. The zero-order chi connectivity index (χ0) is 20.5. The maximum atomic E-state index is 13.4. The summed E-state index contributed by atoms with van der Waals surface area (Å²) < 4.78 is 12.6. The van der Waals surface area contributed by atoms with E-state index in [0.717, 1.165) is 22.4 Å². The molecule has 4 aromatic rings. The van der Waals surface area contributed by atoms with Crippen molar-refractivity contribution < 1.29 is 13.9 Å². The largest absolute Gasteiger partial charge is 0.496 e. The average Bonchev–Trinajstić information content (AvgIpc) is 3.36. The van der Waals surface area contributed by atoms with Crippen LogP contribution in [0.3, 0.4) is 0 Å². The van der Waals surface area contributed by atoms with E-state index in [1.807, 2.05) is 44.3 Å². The third-order valence-electron chi connectivity index (χ3n) is 4.92. The van der Waals surface area contributed by atoms with Crippen LogP contribution < -0.4 is 4.74 Å². The van der Waals surface area contributed by atoms with Crippen LogP contribution in [-0.4, -0.2) is 39.7 Å². The highest BCUT2D eigenvalue weighted by Gasteiger charge is 2.23. The Labute approximate surface area is 168 Å². The van der Waals surface area contributed by atoms with Crippen LogP contribution in [0.5, 0.6) is 5.75 Å². The van der Waals surface area contributed by atoms with Crippen LogP contribution in [0, 0.1) is 6.92 Å². The Morgan fingerprint density at radius 3 is 2.76 bits per heavy atom. The molecule has 148 valence electrons. The Morgan fingerprint density at radius 1 is 1.24 bits per heavy atom. The van der Waals surface area contributed by atoms with Crippen LogP contribution in [0.1, 0.15) is 21.6 Å². The number of ether oxygens (including phenoxy) is 1. The number of furan rings is 1. The van der Waals surface area contributed by atoms with Crippen molar-refractivity contribution in [3.63, 3.8) is 0 Å². The molecular formula is C22H22N4O3. The number of carbonyl (C=O) groups is 1. The number of rotatable bonds is 5. The van der Waals surface area contributed by atoms with E-state index in [4.69, 9.17) is 9.15 Å². The lowest BCUT2D eigenvalue weighted by molar-refractivity contribution is 0.0786. The fourth-order valence-electron chi connectivity index (χ4n) is 3.53. The number of aromatic nitrogens is 3. The second kappa shape index (κ2) is 7.43. The highest BCUT2D eigenvalue weighted by atomic mass is 16.5. The summed E-state index contributed by atoms with van der Waals surface area (Å²) in [5.74, 6) is 1.24. The van der Waals surface area contributed by atoms with Crippen molar-refractivity contribution in [1.29, 1.82) is 0 Å². The molecule has 7 heteroatoms. The van der Waals surface area contributed by atoms with E-state index in [9.17, 15) is 4.79 Å². The minimum Gasteiger partial charge on any atom is -0.496 e. The molecule has 3 heterocycles. The van der Waals surface area contributed by atoms with Gasteiger partial charge in [0.25, 0.3) is 5.91 Å². The highest BCUT2D eigenvalue weighted by Crippen LogP contribution is 2.28. The normalized spacial score (nSPS) is 11.0. The maximum Gasteiger partial charge on any atom is 0.254 e. The molecule has 0 bridgehead atoms. The predicted octanol–water partition coefficient (Wildman–Crippen LogP) is 3.82. The molecule has 0 atom stereocenters. The van der Waals surface area contributed by atoms with E-state index in [0.29, 0.717) is 29.2 Å². The minimum absolute atomic E-state index is 0.118. The fourth-order valence-corrected chi connectivity index (χ4v) is 3.53. The van der Waals surface area contributed by atoms with Crippen LogP contribution in [0.4, 0.5) is 0 Å². The van der Waals surface area contributed by atoms with Gasteiger partial charge in [0.1, 0.15) is 11.4 Å². The summed E-state index contributed by atoms with van der Waals surface area (Å²) in [6.07, 6.45) is 1.59. The van der Waals surface area contributed by atoms with Crippen LogP contribution in [-0.2, 0) is 13.6 Å². The molecule has 0 aliphatic carbocycles. The Hall–Kier alpha value is -3.61. The van der Waals surface area contributed by atoms with Crippen molar-refractivity contribution in [3.8, 4) is 17.2 Å². The summed E-state index contributed by atoms with van der Waals surface area (Å²) in [6.45, 7) is 2.30. The van der Waals surface area contributed by atoms with Crippen molar-refractivity contribution in [2.45, 2.75) is 13.5 Å². The molecule has 4 rings (SSSR count). The molecule has 0 fully saturated rings. The monoisotopic (exact) mass is 390 g/mol. The van der Waals surface area contributed by atoms with Crippen LogP contribution >= 0.6 is 0 Å². The van der Waals surface area contributed by atoms with Gasteiger partial charge in [0, 0.05) is 26.2 Å². The van der Waals surface area contributed by atoms with Crippen LogP contribution in [0.15, 0.2) is 53.1 Å². The van der Waals surface area contributed by atoms with Gasteiger partial charge >= 0.3 is 0 Å². The fraction of sp³-hybridized carbons (Fsp3) is 0.227. The van der Waals surface area contributed by atoms with Gasteiger partial charge in [0.05, 0.1) is 30.0 Å². The molecule has 0 N–H and O–H groups in total. The summed E-state index contributed by atoms with van der Waals surface area (Å²) in [5, 5.41) is 5.21. The molecular weight excluding hydrogens is 368 g/mol. The second-order valence-corrected chi connectivity index (χ2v) is 6.91. The third kappa shape index (κ3) is 3.35. The smallest absolute Gasteiger partial charge is 0.254 e. The second-order valence-electron chi connectivity index (χ2n) is 6.91. The molecule has 0 spiro atoms. The van der Waals surface area contributed by atoms with Gasteiger partial charge in [0.2, 0.25) is 0 Å². The number of para-hydroxylation sites is 1. The number of benzene rings is 1. The first-order chi connectivity index (χ1) is 14.0. The zero-order valence-electron chi connectivity index (χ0n) is 16.8. The number of amides is 1. The molecule has 1 amide bonds. The maximum absolute atomic E-state index is 13.4. The number of aryl methyl sites for hydroxylation is 2. The quantitative estimate of drug-likeness (QED) is 0.518. The first-order valence-corrected chi connectivity index (χ1v) is 9.25. The van der Waals surface area contributed by atoms with Gasteiger partial charge < -0.3 is 14.1 Å². The molecule has 29 heavy (non-hydrogen) atoms. The molecule has 0 aliphatic rings. The van der Waals surface area contributed by atoms with E-state index in [-0.39, 0.29) is 5.91 Å². The standard InChI is InChI=1S/C22H22N4O3/c1-14-20-16(22(27)25(2)13-15-8-5-6-9-18(15)28-4)12-17(19-10-7-11-29-19)23-21(20)26(3)24-14/h5-12H,13H2,1-4H3. The minimum atomic E-state index is -0.118. The topological polar surface area (TPSA) is 73.4 Å². The molecule has 0 unspecified atom stereocenters. The van der Waals surface area contributed by atoms with Gasteiger partial charge in [-0.3, -0.25) is 9.48 Å². The molecule has 0 saturated carbocycles. The lowest BCUT2D eigenvalue weighted by Gasteiger charge is -2.19. The van der Waals surface area contributed by atoms with Crippen LogP contribution in [0.2, 0.25) is 0 Å². The van der Waals surface area contributed by atoms with E-state index in [1.54, 1.807) is 42.1 Å². The summed E-state index contributed by atoms with van der Waals surface area (Å²) in [4.78, 5) is 19.8. The Morgan fingerprint density at radius 2 is 2.03 bits per heavy atom. The summed E-state index contributed by atoms with van der Waals surface area (Å²) in [7, 11) is 5.22. The first-order valence-electron chi connectivity index (χ1n) is 9.25. The number of carbonyl (C=O) groups excluding carboxylic acids is 1. The number of fused-ring (bicyclic) bond motifs is 1. The molecule has 0 aliphatic heterocycles. The number of nitrogens with zero attached hydrogens (tertiary/aromatic N) is 4. The molecule has 7 nitrogen and oxygen atoms in total. The number of methoxy groups -OCH3 is 1. The molecule has 1 aromatic carbocycles. The van der Waals surface area contributed by atoms with Crippen molar-refractivity contribution in [1.82, 2.24) is 19.7 Å². The molecule has 0 radical (unpaired) electrons. The SMILES string of the molecule is COc1ccccc1CN(C)C(=O)c1cc(-c2ccco2)nc2c1c(C)nn2C. The molecule has 3 aromatic heterocycles. The lowest BCUT2D eigenvalue weighted by atomic mass is 10.1. The van der Waals surface area contributed by atoms with E-state index in [1.165, 1.54) is 0 Å². The van der Waals surface area contributed by atoms with Gasteiger partial charge in [-0.2, -0.15) is 5.10 Å². The van der Waals surface area contributed by atoms with E-state index >= 15 is 0 Å². The van der Waals surface area contributed by atoms with Gasteiger partial charge in [-0.15, -0.1) is 0 Å². The lowest BCUT2D eigenvalue weighted by Crippen LogP contribution is -2.27. The first kappa shape index (κ1) is 18.7. The van der Waals surface area contributed by atoms with Gasteiger partial charge in [0.15, 0.2) is 11.4 Å². The van der Waals surface area contributed by atoms with E-state index < -0.39 is 0 Å². The van der Waals surface area contributed by atoms with Crippen LogP contribution in [0.25, 0.3) is 22.5 Å². The average molecular weight is 390 g/mol. The zero-order valence-corrected chi connectivity index (χ0v) is 16.8.